The zero-order valence-electron chi connectivity index (χ0n) is 19.5. The Kier molecular flexibility index (Phi) is 6.24. The molecule has 0 aliphatic carbocycles. The van der Waals surface area contributed by atoms with Crippen molar-refractivity contribution in [2.24, 2.45) is 0 Å². The van der Waals surface area contributed by atoms with Gasteiger partial charge in [-0.3, -0.25) is 14.9 Å². The number of pyridine rings is 1. The highest BCUT2D eigenvalue weighted by Crippen LogP contribution is 2.29. The number of hydrogen-bond acceptors (Lipinski definition) is 5. The van der Waals surface area contributed by atoms with Crippen molar-refractivity contribution in [3.63, 3.8) is 0 Å². The number of rotatable bonds is 7. The first-order valence-corrected chi connectivity index (χ1v) is 11.3. The van der Waals surface area contributed by atoms with Crippen LogP contribution < -0.4 is 10.1 Å². The van der Waals surface area contributed by atoms with Crippen LogP contribution in [0.15, 0.2) is 91.3 Å². The van der Waals surface area contributed by atoms with Gasteiger partial charge in [0.25, 0.3) is 5.91 Å². The molecule has 2 heterocycles. The Morgan fingerprint density at radius 2 is 1.77 bits per heavy atom. The van der Waals surface area contributed by atoms with E-state index in [9.17, 15) is 4.79 Å². The second-order valence-electron chi connectivity index (χ2n) is 8.55. The van der Waals surface area contributed by atoms with E-state index in [2.05, 4.69) is 25.4 Å². The minimum Gasteiger partial charge on any atom is -0.456 e. The number of carbonyl (C=O) groups is 1. The molecule has 0 fully saturated rings. The topological polar surface area (TPSA) is 83.1 Å². The molecule has 174 valence electrons. The van der Waals surface area contributed by atoms with Gasteiger partial charge in [-0.05, 0) is 67.7 Å². The molecule has 0 aliphatic rings. The smallest absolute Gasteiger partial charge is 0.276 e. The van der Waals surface area contributed by atoms with Gasteiger partial charge < -0.3 is 15.0 Å². The molecule has 5 rings (SSSR count). The fourth-order valence-electron chi connectivity index (χ4n) is 3.93. The van der Waals surface area contributed by atoms with Crippen LogP contribution in [0, 0.1) is 0 Å². The zero-order chi connectivity index (χ0) is 24.2. The second kappa shape index (κ2) is 9.79. The van der Waals surface area contributed by atoms with E-state index in [1.807, 2.05) is 93.0 Å². The summed E-state index contributed by atoms with van der Waals surface area (Å²) in [7, 11) is 4.02. The van der Waals surface area contributed by atoms with Crippen molar-refractivity contribution in [1.82, 2.24) is 20.1 Å². The average molecular weight is 464 g/mol. The number of hydrogen-bond donors (Lipinski definition) is 2. The first-order valence-electron chi connectivity index (χ1n) is 11.3. The van der Waals surface area contributed by atoms with E-state index >= 15 is 0 Å². The zero-order valence-corrected chi connectivity index (χ0v) is 19.5. The van der Waals surface area contributed by atoms with Crippen LogP contribution in [-0.4, -0.2) is 40.1 Å². The van der Waals surface area contributed by atoms with Gasteiger partial charge >= 0.3 is 0 Å². The number of nitrogens with zero attached hydrogens (tertiary/aromatic N) is 3. The molecule has 7 nitrogen and oxygen atoms in total. The summed E-state index contributed by atoms with van der Waals surface area (Å²) >= 11 is 0. The standard InChI is InChI=1S/C28H25N5O2/c1-33(2)18-19-7-6-8-22(13-19)30-28(34)27-25-15-20(11-12-26(25)31-32-27)21-14-24(17-29-16-21)35-23-9-4-3-5-10-23/h3-17H,18H2,1-2H3,(H,30,34)(H,31,32). The second-order valence-corrected chi connectivity index (χ2v) is 8.55. The summed E-state index contributed by atoms with van der Waals surface area (Å²) in [6.45, 7) is 0.791. The molecule has 0 bridgehead atoms. The van der Waals surface area contributed by atoms with Crippen LogP contribution >= 0.6 is 0 Å². The lowest BCUT2D eigenvalue weighted by Gasteiger charge is -2.11. The molecule has 0 aliphatic heterocycles. The molecule has 3 aromatic carbocycles. The molecule has 0 radical (unpaired) electrons. The molecule has 2 aromatic heterocycles. The number of aromatic nitrogens is 3. The lowest BCUT2D eigenvalue weighted by molar-refractivity contribution is 0.102. The maximum absolute atomic E-state index is 13.1. The van der Waals surface area contributed by atoms with E-state index in [0.29, 0.717) is 11.4 Å². The quantitative estimate of drug-likeness (QED) is 0.322. The number of amides is 1. The van der Waals surface area contributed by atoms with E-state index in [-0.39, 0.29) is 5.91 Å². The monoisotopic (exact) mass is 463 g/mol. The molecular formula is C28H25N5O2. The average Bonchev–Trinajstić information content (AvgIpc) is 3.28. The van der Waals surface area contributed by atoms with E-state index in [4.69, 9.17) is 4.74 Å². The number of ether oxygens (including phenoxy) is 1. The highest BCUT2D eigenvalue weighted by molar-refractivity contribution is 6.11. The molecule has 7 heteroatoms. The Morgan fingerprint density at radius 1 is 0.914 bits per heavy atom. The van der Waals surface area contributed by atoms with Gasteiger partial charge in [0.05, 0.1) is 11.7 Å². The van der Waals surface area contributed by atoms with Gasteiger partial charge in [0.1, 0.15) is 11.5 Å². The minimum absolute atomic E-state index is 0.269. The van der Waals surface area contributed by atoms with E-state index in [0.717, 1.165) is 45.6 Å². The Bertz CT molecular complexity index is 1480. The number of nitrogens with one attached hydrogen (secondary N) is 2. The number of para-hydroxylation sites is 1. The largest absolute Gasteiger partial charge is 0.456 e. The summed E-state index contributed by atoms with van der Waals surface area (Å²) in [5.74, 6) is 1.11. The molecule has 35 heavy (non-hydrogen) atoms. The Balaban J connectivity index is 1.40. The molecular weight excluding hydrogens is 438 g/mol. The number of aromatic amines is 1. The fraction of sp³-hybridized carbons (Fsp3) is 0.107. The predicted octanol–water partition coefficient (Wildman–Crippen LogP) is 5.73. The van der Waals surface area contributed by atoms with Crippen molar-refractivity contribution in [3.8, 4) is 22.6 Å². The SMILES string of the molecule is CN(C)Cc1cccc(NC(=O)c2n[nH]c3ccc(-c4cncc(Oc5ccccc5)c4)cc23)c1. The van der Waals surface area contributed by atoms with Crippen LogP contribution in [0.4, 0.5) is 5.69 Å². The third kappa shape index (κ3) is 5.20. The lowest BCUT2D eigenvalue weighted by Crippen LogP contribution is -2.14. The molecule has 1 amide bonds. The predicted molar refractivity (Wildman–Crippen MR) is 138 cm³/mol. The van der Waals surface area contributed by atoms with E-state index in [1.165, 1.54) is 0 Å². The summed E-state index contributed by atoms with van der Waals surface area (Å²) in [5, 5.41) is 11.0. The highest BCUT2D eigenvalue weighted by atomic mass is 16.5. The van der Waals surface area contributed by atoms with Crippen molar-refractivity contribution in [2.75, 3.05) is 19.4 Å². The Hall–Kier alpha value is -4.49. The number of carbonyl (C=O) groups excluding carboxylic acids is 1. The fourth-order valence-corrected chi connectivity index (χ4v) is 3.93. The molecule has 5 aromatic rings. The van der Waals surface area contributed by atoms with E-state index in [1.54, 1.807) is 12.4 Å². The van der Waals surface area contributed by atoms with Crippen LogP contribution in [0.3, 0.4) is 0 Å². The third-order valence-corrected chi connectivity index (χ3v) is 5.49. The maximum Gasteiger partial charge on any atom is 0.276 e. The van der Waals surface area contributed by atoms with Crippen molar-refractivity contribution < 1.29 is 9.53 Å². The Morgan fingerprint density at radius 3 is 2.60 bits per heavy atom. The van der Waals surface area contributed by atoms with Crippen molar-refractivity contribution >= 4 is 22.5 Å². The summed E-state index contributed by atoms with van der Waals surface area (Å²) < 4.78 is 5.93. The molecule has 0 spiro atoms. The molecule has 0 unspecified atom stereocenters. The molecule has 0 saturated carbocycles. The van der Waals surface area contributed by atoms with Crippen LogP contribution in [0.25, 0.3) is 22.0 Å². The third-order valence-electron chi connectivity index (χ3n) is 5.49. The lowest BCUT2D eigenvalue weighted by atomic mass is 10.0. The summed E-state index contributed by atoms with van der Waals surface area (Å²) in [6, 6.07) is 25.1. The van der Waals surface area contributed by atoms with Crippen LogP contribution in [-0.2, 0) is 6.54 Å². The minimum atomic E-state index is -0.269. The van der Waals surface area contributed by atoms with Gasteiger partial charge in [-0.2, -0.15) is 5.10 Å². The number of fused-ring (bicyclic) bond motifs is 1. The molecule has 0 atom stereocenters. The summed E-state index contributed by atoms with van der Waals surface area (Å²) in [4.78, 5) is 19.5. The number of benzene rings is 3. The highest BCUT2D eigenvalue weighted by Gasteiger charge is 2.16. The van der Waals surface area contributed by atoms with Crippen molar-refractivity contribution in [3.05, 3.63) is 103 Å². The van der Waals surface area contributed by atoms with Gasteiger partial charge in [-0.1, -0.05) is 36.4 Å². The number of anilines is 1. The number of H-pyrrole nitrogens is 1. The Labute approximate surface area is 203 Å². The van der Waals surface area contributed by atoms with E-state index < -0.39 is 0 Å². The molecule has 0 saturated heterocycles. The van der Waals surface area contributed by atoms with Gasteiger partial charge in [0, 0.05) is 29.4 Å². The summed E-state index contributed by atoms with van der Waals surface area (Å²) in [6.07, 6.45) is 3.45. The van der Waals surface area contributed by atoms with Gasteiger partial charge in [0.2, 0.25) is 0 Å². The normalized spacial score (nSPS) is 11.1. The van der Waals surface area contributed by atoms with Crippen molar-refractivity contribution in [1.29, 1.82) is 0 Å². The summed E-state index contributed by atoms with van der Waals surface area (Å²) in [5.41, 5.74) is 4.76. The van der Waals surface area contributed by atoms with Crippen molar-refractivity contribution in [2.45, 2.75) is 6.54 Å². The van der Waals surface area contributed by atoms with Gasteiger partial charge in [-0.15, -0.1) is 0 Å². The van der Waals surface area contributed by atoms with Gasteiger partial charge in [0.15, 0.2) is 5.69 Å². The van der Waals surface area contributed by atoms with Crippen LogP contribution in [0.2, 0.25) is 0 Å². The maximum atomic E-state index is 13.1. The van der Waals surface area contributed by atoms with Gasteiger partial charge in [-0.25, -0.2) is 0 Å². The first kappa shape index (κ1) is 22.3. The van der Waals surface area contributed by atoms with Crippen LogP contribution in [0.1, 0.15) is 16.1 Å². The van der Waals surface area contributed by atoms with Crippen LogP contribution in [0.5, 0.6) is 11.5 Å². The molecule has 2 N–H and O–H groups in total. The first-order chi connectivity index (χ1) is 17.0.